The summed E-state index contributed by atoms with van der Waals surface area (Å²) >= 11 is 0. The minimum Gasteiger partial charge on any atom is -0.399 e. The van der Waals surface area contributed by atoms with Gasteiger partial charge < -0.3 is 25.3 Å². The molecule has 2 aromatic carbocycles. The lowest BCUT2D eigenvalue weighted by Crippen LogP contribution is -2.45. The van der Waals surface area contributed by atoms with Gasteiger partial charge in [0.05, 0.1) is 24.1 Å². The van der Waals surface area contributed by atoms with Crippen LogP contribution in [0.15, 0.2) is 65.3 Å². The zero-order valence-electron chi connectivity index (χ0n) is 22.1. The van der Waals surface area contributed by atoms with E-state index in [0.717, 1.165) is 16.6 Å². The molecule has 8 nitrogen and oxygen atoms in total. The average molecular weight is 502 g/mol. The Morgan fingerprint density at radius 2 is 1.84 bits per heavy atom. The van der Waals surface area contributed by atoms with Gasteiger partial charge in [0, 0.05) is 5.69 Å². The van der Waals surface area contributed by atoms with Crippen LogP contribution < -0.4 is 21.4 Å². The number of nitrogens with zero attached hydrogens (tertiary/aromatic N) is 1. The molecule has 194 valence electrons. The molecule has 0 aromatic heterocycles. The number of amides is 2. The lowest BCUT2D eigenvalue weighted by atomic mass is 9.78. The number of rotatable bonds is 7. The van der Waals surface area contributed by atoms with Gasteiger partial charge in [0.15, 0.2) is 0 Å². The van der Waals surface area contributed by atoms with Crippen LogP contribution in [0.25, 0.3) is 0 Å². The molecule has 0 unspecified atom stereocenters. The first kappa shape index (κ1) is 26.6. The second-order valence-corrected chi connectivity index (χ2v) is 10.4. The van der Waals surface area contributed by atoms with Gasteiger partial charge in [-0.1, -0.05) is 48.5 Å². The van der Waals surface area contributed by atoms with E-state index in [1.54, 1.807) is 13.0 Å². The van der Waals surface area contributed by atoms with Gasteiger partial charge in [-0.15, -0.1) is 0 Å². The lowest BCUT2D eigenvalue weighted by molar-refractivity contribution is -0.124. The Kier molecular flexibility index (Phi) is 7.85. The molecule has 4 rings (SSSR count). The second-order valence-electron chi connectivity index (χ2n) is 10.4. The van der Waals surface area contributed by atoms with Crippen molar-refractivity contribution in [2.45, 2.75) is 71.2 Å². The molecule has 0 spiro atoms. The van der Waals surface area contributed by atoms with Crippen LogP contribution in [0.2, 0.25) is 0 Å². The molecular formula is C28H35BN4O4. The number of hydrogen-bond donors (Lipinski definition) is 3. The van der Waals surface area contributed by atoms with Crippen LogP contribution in [-0.2, 0) is 31.9 Å². The van der Waals surface area contributed by atoms with Crippen LogP contribution in [0.1, 0.15) is 52.2 Å². The maximum Gasteiger partial charge on any atom is 0.494 e. The standard InChI is InChI=1S/C28H35BN4O4/c1-6-22(31-18-30-17-19-10-8-7-9-11-19)25(34)32-23-15-13-20-12-14-21(16-24(20)33-26(23)35)29-36-27(2,3)28(4,5)37-29/h6-12,14,16,18,23H,13,15,17H2,1-5H3,(H,30,31)(H,32,34)(H,33,35)/b22-6-/t23-/m0/s1. The second kappa shape index (κ2) is 10.9. The number of hydrogen-bond acceptors (Lipinski definition) is 5. The number of benzene rings is 2. The van der Waals surface area contributed by atoms with Crippen LogP contribution in [0.4, 0.5) is 5.69 Å². The first-order valence-electron chi connectivity index (χ1n) is 12.6. The van der Waals surface area contributed by atoms with Crippen LogP contribution in [-0.4, -0.2) is 42.5 Å². The summed E-state index contributed by atoms with van der Waals surface area (Å²) < 4.78 is 12.3. The van der Waals surface area contributed by atoms with E-state index in [9.17, 15) is 9.59 Å². The highest BCUT2D eigenvalue weighted by atomic mass is 16.7. The van der Waals surface area contributed by atoms with Crippen LogP contribution in [0.5, 0.6) is 0 Å². The number of nitrogens with one attached hydrogen (secondary N) is 3. The molecule has 0 aliphatic carbocycles. The van der Waals surface area contributed by atoms with E-state index in [-0.39, 0.29) is 11.8 Å². The predicted octanol–water partition coefficient (Wildman–Crippen LogP) is 3.08. The smallest absolute Gasteiger partial charge is 0.399 e. The third kappa shape index (κ3) is 6.11. The van der Waals surface area contributed by atoms with Gasteiger partial charge in [-0.3, -0.25) is 14.6 Å². The Balaban J connectivity index is 1.36. The highest BCUT2D eigenvalue weighted by molar-refractivity contribution is 6.62. The number of aryl methyl sites for hydroxylation is 1. The number of anilines is 1. The molecule has 1 saturated heterocycles. The molecule has 0 radical (unpaired) electrons. The van der Waals surface area contributed by atoms with Gasteiger partial charge in [0.2, 0.25) is 5.91 Å². The number of carbonyl (C=O) groups is 2. The number of aliphatic imine (C=N–C) groups is 1. The zero-order valence-corrected chi connectivity index (χ0v) is 22.1. The summed E-state index contributed by atoms with van der Waals surface area (Å²) in [7, 11) is -0.516. The van der Waals surface area contributed by atoms with Crippen LogP contribution >= 0.6 is 0 Å². The van der Waals surface area contributed by atoms with Gasteiger partial charge >= 0.3 is 7.12 Å². The minimum absolute atomic E-state index is 0.258. The van der Waals surface area contributed by atoms with Crippen LogP contribution in [0.3, 0.4) is 0 Å². The van der Waals surface area contributed by atoms with Crippen molar-refractivity contribution >= 4 is 36.4 Å². The van der Waals surface area contributed by atoms with E-state index in [0.29, 0.717) is 30.8 Å². The SMILES string of the molecule is C/C=C(\NC=NCc1ccccc1)C(=O)N[C@H]1CCc2ccc(B3OC(C)(C)C(C)(C)O3)cc2NC1=O. The predicted molar refractivity (Wildman–Crippen MR) is 147 cm³/mol. The third-order valence-electron chi connectivity index (χ3n) is 7.20. The molecule has 1 fully saturated rings. The minimum atomic E-state index is -0.668. The summed E-state index contributed by atoms with van der Waals surface area (Å²) in [6.45, 7) is 10.3. The van der Waals surface area contributed by atoms with Crippen molar-refractivity contribution in [3.05, 3.63) is 71.4 Å². The molecule has 37 heavy (non-hydrogen) atoms. The summed E-state index contributed by atoms with van der Waals surface area (Å²) in [6.07, 6.45) is 4.28. The number of allylic oxidation sites excluding steroid dienone is 1. The molecule has 1 atom stereocenters. The fourth-order valence-corrected chi connectivity index (χ4v) is 4.21. The highest BCUT2D eigenvalue weighted by Gasteiger charge is 2.51. The Morgan fingerprint density at radius 3 is 2.51 bits per heavy atom. The first-order valence-corrected chi connectivity index (χ1v) is 12.6. The molecule has 0 saturated carbocycles. The summed E-state index contributed by atoms with van der Waals surface area (Å²) in [5.74, 6) is -0.621. The van der Waals surface area contributed by atoms with Crippen LogP contribution in [0, 0.1) is 0 Å². The van der Waals surface area contributed by atoms with Crippen molar-refractivity contribution in [2.24, 2.45) is 4.99 Å². The highest BCUT2D eigenvalue weighted by Crippen LogP contribution is 2.36. The van der Waals surface area contributed by atoms with Gasteiger partial charge in [-0.2, -0.15) is 0 Å². The topological polar surface area (TPSA) is 101 Å². The summed E-state index contributed by atoms with van der Waals surface area (Å²) in [5, 5.41) is 8.76. The van der Waals surface area contributed by atoms with E-state index in [2.05, 4.69) is 20.9 Å². The summed E-state index contributed by atoms with van der Waals surface area (Å²) in [4.78, 5) is 30.2. The molecule has 2 heterocycles. The summed E-state index contributed by atoms with van der Waals surface area (Å²) in [6, 6.07) is 15.0. The Hall–Kier alpha value is -3.43. The Labute approximate surface area is 219 Å². The molecule has 2 aromatic rings. The first-order chi connectivity index (χ1) is 17.6. The zero-order chi connectivity index (χ0) is 26.6. The van der Waals surface area contributed by atoms with E-state index < -0.39 is 24.4 Å². The van der Waals surface area contributed by atoms with Crippen molar-refractivity contribution in [1.82, 2.24) is 10.6 Å². The molecule has 9 heteroatoms. The maximum atomic E-state index is 13.0. The third-order valence-corrected chi connectivity index (χ3v) is 7.20. The maximum absolute atomic E-state index is 13.0. The monoisotopic (exact) mass is 502 g/mol. The van der Waals surface area contributed by atoms with Gasteiger partial charge in [-0.05, 0) is 70.1 Å². The molecule has 2 aliphatic rings. The van der Waals surface area contributed by atoms with Gasteiger partial charge in [0.1, 0.15) is 11.7 Å². The van der Waals surface area contributed by atoms with Crippen molar-refractivity contribution in [3.63, 3.8) is 0 Å². The number of carbonyl (C=O) groups excluding carboxylic acids is 2. The van der Waals surface area contributed by atoms with E-state index in [4.69, 9.17) is 9.31 Å². The Morgan fingerprint density at radius 1 is 1.14 bits per heavy atom. The van der Waals surface area contributed by atoms with E-state index in [1.165, 1.54) is 6.34 Å². The fraction of sp³-hybridized carbons (Fsp3) is 0.393. The van der Waals surface area contributed by atoms with Crippen molar-refractivity contribution in [3.8, 4) is 0 Å². The molecule has 2 aliphatic heterocycles. The molecule has 3 N–H and O–H groups in total. The van der Waals surface area contributed by atoms with E-state index in [1.807, 2.05) is 76.2 Å². The van der Waals surface area contributed by atoms with E-state index >= 15 is 0 Å². The number of fused-ring (bicyclic) bond motifs is 1. The molecular weight excluding hydrogens is 467 g/mol. The summed E-state index contributed by atoms with van der Waals surface area (Å²) in [5.41, 5.74) is 3.06. The van der Waals surface area contributed by atoms with Crippen molar-refractivity contribution < 1.29 is 18.9 Å². The largest absolute Gasteiger partial charge is 0.494 e. The Bertz CT molecular complexity index is 1190. The van der Waals surface area contributed by atoms with Gasteiger partial charge in [-0.25, -0.2) is 0 Å². The fourth-order valence-electron chi connectivity index (χ4n) is 4.21. The van der Waals surface area contributed by atoms with Crippen molar-refractivity contribution in [1.29, 1.82) is 0 Å². The quantitative estimate of drug-likeness (QED) is 0.234. The molecule has 0 bridgehead atoms. The molecule has 2 amide bonds. The van der Waals surface area contributed by atoms with Crippen molar-refractivity contribution in [2.75, 3.05) is 5.32 Å². The average Bonchev–Trinajstić information content (AvgIpc) is 2.98. The lowest BCUT2D eigenvalue weighted by Gasteiger charge is -2.32. The normalized spacial score (nSPS) is 20.8. The van der Waals surface area contributed by atoms with Gasteiger partial charge in [0.25, 0.3) is 5.91 Å².